The first kappa shape index (κ1) is 19.2. The van der Waals surface area contributed by atoms with E-state index in [4.69, 9.17) is 16.7 Å². The average molecular weight is 381 g/mol. The maximum Gasteiger partial charge on any atom is 0.238 e. The number of nitrogens with one attached hydrogen (secondary N) is 2. The molecule has 8 heteroatoms. The summed E-state index contributed by atoms with van der Waals surface area (Å²) in [5, 5.41) is 12.2. The molecule has 0 aliphatic heterocycles. The SMILES string of the molecule is CN=C(NCCc1cccc(Cl)c1)NCc1ccc(S(N)(=O)=O)cc1. The van der Waals surface area contributed by atoms with Crippen LogP contribution >= 0.6 is 11.6 Å². The van der Waals surface area contributed by atoms with Gasteiger partial charge in [0.2, 0.25) is 10.0 Å². The highest BCUT2D eigenvalue weighted by Crippen LogP contribution is 2.11. The van der Waals surface area contributed by atoms with Crippen molar-refractivity contribution in [3.63, 3.8) is 0 Å². The Labute approximate surface area is 153 Å². The molecule has 2 rings (SSSR count). The summed E-state index contributed by atoms with van der Waals surface area (Å²) in [5.74, 6) is 0.664. The van der Waals surface area contributed by atoms with Gasteiger partial charge in [-0.1, -0.05) is 35.9 Å². The highest BCUT2D eigenvalue weighted by atomic mass is 35.5. The van der Waals surface area contributed by atoms with Crippen LogP contribution in [0.15, 0.2) is 58.4 Å². The van der Waals surface area contributed by atoms with E-state index in [0.29, 0.717) is 19.0 Å². The molecule has 134 valence electrons. The number of rotatable bonds is 6. The van der Waals surface area contributed by atoms with Crippen molar-refractivity contribution in [2.75, 3.05) is 13.6 Å². The Bertz CT molecular complexity index is 836. The van der Waals surface area contributed by atoms with Gasteiger partial charge in [-0.05, 0) is 41.8 Å². The molecule has 2 aromatic rings. The first-order valence-corrected chi connectivity index (χ1v) is 9.61. The van der Waals surface area contributed by atoms with Crippen LogP contribution in [-0.2, 0) is 23.0 Å². The fraction of sp³-hybridized carbons (Fsp3) is 0.235. The lowest BCUT2D eigenvalue weighted by Gasteiger charge is -2.12. The minimum absolute atomic E-state index is 0.0975. The topological polar surface area (TPSA) is 96.6 Å². The molecule has 0 radical (unpaired) electrons. The lowest BCUT2D eigenvalue weighted by molar-refractivity contribution is 0.597. The number of benzene rings is 2. The van der Waals surface area contributed by atoms with Crippen LogP contribution in [-0.4, -0.2) is 28.0 Å². The quantitative estimate of drug-likeness (QED) is 0.526. The molecule has 0 atom stereocenters. The van der Waals surface area contributed by atoms with E-state index in [9.17, 15) is 8.42 Å². The Morgan fingerprint density at radius 1 is 1.12 bits per heavy atom. The zero-order chi connectivity index (χ0) is 18.3. The van der Waals surface area contributed by atoms with Crippen molar-refractivity contribution in [1.29, 1.82) is 0 Å². The smallest absolute Gasteiger partial charge is 0.238 e. The second kappa shape index (κ2) is 8.84. The average Bonchev–Trinajstić information content (AvgIpc) is 2.57. The molecule has 0 amide bonds. The molecule has 0 saturated heterocycles. The normalized spacial score (nSPS) is 12.0. The van der Waals surface area contributed by atoms with E-state index in [1.807, 2.05) is 24.3 Å². The Morgan fingerprint density at radius 2 is 1.84 bits per heavy atom. The third-order valence-electron chi connectivity index (χ3n) is 3.53. The van der Waals surface area contributed by atoms with Gasteiger partial charge < -0.3 is 10.6 Å². The van der Waals surface area contributed by atoms with E-state index < -0.39 is 10.0 Å². The first-order valence-electron chi connectivity index (χ1n) is 7.69. The summed E-state index contributed by atoms with van der Waals surface area (Å²) in [6.07, 6.45) is 0.824. The van der Waals surface area contributed by atoms with Crippen molar-refractivity contribution >= 4 is 27.6 Å². The van der Waals surface area contributed by atoms with Crippen molar-refractivity contribution in [2.24, 2.45) is 10.1 Å². The zero-order valence-corrected chi connectivity index (χ0v) is 15.4. The highest BCUT2D eigenvalue weighted by molar-refractivity contribution is 7.89. The van der Waals surface area contributed by atoms with E-state index in [1.54, 1.807) is 19.2 Å². The van der Waals surface area contributed by atoms with Crippen molar-refractivity contribution in [2.45, 2.75) is 17.9 Å². The van der Waals surface area contributed by atoms with Crippen LogP contribution in [0, 0.1) is 0 Å². The fourth-order valence-corrected chi connectivity index (χ4v) is 2.95. The second-order valence-corrected chi connectivity index (χ2v) is 7.42. The second-order valence-electron chi connectivity index (χ2n) is 5.42. The lowest BCUT2D eigenvalue weighted by Crippen LogP contribution is -2.37. The molecule has 25 heavy (non-hydrogen) atoms. The molecule has 0 aliphatic carbocycles. The van der Waals surface area contributed by atoms with Gasteiger partial charge in [-0.25, -0.2) is 13.6 Å². The largest absolute Gasteiger partial charge is 0.356 e. The number of hydrogen-bond donors (Lipinski definition) is 3. The van der Waals surface area contributed by atoms with E-state index >= 15 is 0 Å². The number of nitrogens with zero attached hydrogens (tertiary/aromatic N) is 1. The summed E-state index contributed by atoms with van der Waals surface area (Å²) >= 11 is 5.97. The van der Waals surface area contributed by atoms with Crippen LogP contribution in [0.1, 0.15) is 11.1 Å². The van der Waals surface area contributed by atoms with Crippen molar-refractivity contribution in [1.82, 2.24) is 10.6 Å². The monoisotopic (exact) mass is 380 g/mol. The zero-order valence-electron chi connectivity index (χ0n) is 13.9. The summed E-state index contributed by atoms with van der Waals surface area (Å²) in [5.41, 5.74) is 2.07. The molecule has 0 aliphatic rings. The van der Waals surface area contributed by atoms with Crippen LogP contribution in [0.3, 0.4) is 0 Å². The Balaban J connectivity index is 1.82. The van der Waals surface area contributed by atoms with E-state index in [2.05, 4.69) is 15.6 Å². The van der Waals surface area contributed by atoms with Gasteiger partial charge in [-0.15, -0.1) is 0 Å². The minimum atomic E-state index is -3.66. The van der Waals surface area contributed by atoms with Gasteiger partial charge in [0, 0.05) is 25.2 Å². The molecule has 0 unspecified atom stereocenters. The third kappa shape index (κ3) is 6.38. The highest BCUT2D eigenvalue weighted by Gasteiger charge is 2.06. The molecular formula is C17H21ClN4O2S. The maximum absolute atomic E-state index is 11.2. The van der Waals surface area contributed by atoms with E-state index in [0.717, 1.165) is 22.6 Å². The van der Waals surface area contributed by atoms with E-state index in [1.165, 1.54) is 12.1 Å². The number of primary sulfonamides is 1. The summed E-state index contributed by atoms with van der Waals surface area (Å²) in [6.45, 7) is 1.23. The lowest BCUT2D eigenvalue weighted by atomic mass is 10.1. The Hall–Kier alpha value is -2.09. The molecule has 0 aromatic heterocycles. The van der Waals surface area contributed by atoms with Gasteiger partial charge in [0.1, 0.15) is 0 Å². The molecular weight excluding hydrogens is 360 g/mol. The molecule has 2 aromatic carbocycles. The molecule has 0 bridgehead atoms. The van der Waals surface area contributed by atoms with E-state index in [-0.39, 0.29) is 4.90 Å². The first-order chi connectivity index (χ1) is 11.9. The van der Waals surface area contributed by atoms with Crippen LogP contribution in [0.4, 0.5) is 0 Å². The number of hydrogen-bond acceptors (Lipinski definition) is 3. The number of sulfonamides is 1. The van der Waals surface area contributed by atoms with Crippen LogP contribution in [0.5, 0.6) is 0 Å². The Kier molecular flexibility index (Phi) is 6.81. The Morgan fingerprint density at radius 3 is 2.44 bits per heavy atom. The number of nitrogens with two attached hydrogens (primary N) is 1. The molecule has 4 N–H and O–H groups in total. The minimum Gasteiger partial charge on any atom is -0.356 e. The maximum atomic E-state index is 11.2. The van der Waals surface area contributed by atoms with Gasteiger partial charge in [0.15, 0.2) is 5.96 Å². The van der Waals surface area contributed by atoms with Gasteiger partial charge >= 0.3 is 0 Å². The predicted octanol–water partition coefficient (Wildman–Crippen LogP) is 1.90. The molecule has 0 fully saturated rings. The predicted molar refractivity (Wildman–Crippen MR) is 101 cm³/mol. The van der Waals surface area contributed by atoms with Gasteiger partial charge in [-0.2, -0.15) is 0 Å². The molecule has 0 spiro atoms. The van der Waals surface area contributed by atoms with Crippen molar-refractivity contribution in [3.8, 4) is 0 Å². The molecule has 0 saturated carbocycles. The number of halogens is 1. The summed E-state index contributed by atoms with van der Waals surface area (Å²) in [6, 6.07) is 14.1. The van der Waals surface area contributed by atoms with Crippen LogP contribution < -0.4 is 15.8 Å². The number of guanidine groups is 1. The van der Waals surface area contributed by atoms with Crippen LogP contribution in [0.2, 0.25) is 5.02 Å². The summed E-state index contributed by atoms with van der Waals surface area (Å²) in [7, 11) is -1.97. The fourth-order valence-electron chi connectivity index (χ4n) is 2.22. The number of aliphatic imine (C=N–C) groups is 1. The van der Waals surface area contributed by atoms with Gasteiger partial charge in [0.25, 0.3) is 0 Å². The summed E-state index contributed by atoms with van der Waals surface area (Å²) in [4.78, 5) is 4.26. The van der Waals surface area contributed by atoms with Crippen LogP contribution in [0.25, 0.3) is 0 Å². The summed E-state index contributed by atoms with van der Waals surface area (Å²) < 4.78 is 22.5. The molecule has 0 heterocycles. The van der Waals surface area contributed by atoms with Crippen molar-refractivity contribution in [3.05, 3.63) is 64.7 Å². The molecule has 6 nitrogen and oxygen atoms in total. The van der Waals surface area contributed by atoms with Gasteiger partial charge in [0.05, 0.1) is 4.90 Å². The third-order valence-corrected chi connectivity index (χ3v) is 4.69. The van der Waals surface area contributed by atoms with Gasteiger partial charge in [-0.3, -0.25) is 4.99 Å². The standard InChI is InChI=1S/C17H21ClN4O2S/c1-20-17(21-10-9-13-3-2-4-15(18)11-13)22-12-14-5-7-16(8-6-14)25(19,23)24/h2-8,11H,9-10,12H2,1H3,(H2,19,23,24)(H2,20,21,22). The van der Waals surface area contributed by atoms with Crippen molar-refractivity contribution < 1.29 is 8.42 Å².